The van der Waals surface area contributed by atoms with E-state index in [1.807, 2.05) is 54.6 Å². The second-order valence-corrected chi connectivity index (χ2v) is 5.98. The van der Waals surface area contributed by atoms with E-state index in [0.717, 1.165) is 16.7 Å². The molecule has 130 valence electrons. The van der Waals surface area contributed by atoms with E-state index in [2.05, 4.69) is 0 Å². The molecule has 4 nitrogen and oxygen atoms in total. The van der Waals surface area contributed by atoms with Crippen LogP contribution in [0.5, 0.6) is 0 Å². The van der Waals surface area contributed by atoms with E-state index in [4.69, 9.17) is 0 Å². The van der Waals surface area contributed by atoms with Crippen LogP contribution in [0.4, 0.5) is 0 Å². The number of rotatable bonds is 5. The van der Waals surface area contributed by atoms with Crippen molar-refractivity contribution in [2.45, 2.75) is 24.7 Å². The second kappa shape index (κ2) is 9.45. The summed E-state index contributed by atoms with van der Waals surface area (Å²) in [5, 5.41) is 18.6. The van der Waals surface area contributed by atoms with E-state index in [-0.39, 0.29) is 72.7 Å². The van der Waals surface area contributed by atoms with E-state index in [9.17, 15) is 19.8 Å². The van der Waals surface area contributed by atoms with Gasteiger partial charge in [-0.2, -0.15) is 0 Å². The molecule has 25 heavy (non-hydrogen) atoms. The molecule has 0 spiro atoms. The molecule has 3 unspecified atom stereocenters. The zero-order valence-corrected chi connectivity index (χ0v) is 19.2. The van der Waals surface area contributed by atoms with Crippen molar-refractivity contribution in [2.24, 2.45) is 5.92 Å². The molecule has 3 atom stereocenters. The van der Waals surface area contributed by atoms with Crippen molar-refractivity contribution in [3.8, 4) is 0 Å². The van der Waals surface area contributed by atoms with Crippen LogP contribution in [0, 0.1) is 5.92 Å². The SMILES string of the molecule is O=C(O)CC1c2ccccc2C(c2ccccc2)C1CC(=O)O.[W].[W]. The Hall–Kier alpha value is -1.24. The van der Waals surface area contributed by atoms with Crippen LogP contribution >= 0.6 is 0 Å². The topological polar surface area (TPSA) is 74.6 Å². The van der Waals surface area contributed by atoms with Gasteiger partial charge in [0.05, 0.1) is 6.42 Å². The van der Waals surface area contributed by atoms with Gasteiger partial charge in [0.15, 0.2) is 0 Å². The van der Waals surface area contributed by atoms with Gasteiger partial charge in [0.1, 0.15) is 0 Å². The zero-order valence-electron chi connectivity index (χ0n) is 13.4. The molecular weight excluding hydrogens is 660 g/mol. The average Bonchev–Trinajstić information content (AvgIpc) is 2.81. The molecule has 0 saturated heterocycles. The summed E-state index contributed by atoms with van der Waals surface area (Å²) in [5.74, 6) is -2.38. The molecule has 3 rings (SSSR count). The Labute approximate surface area is 175 Å². The van der Waals surface area contributed by atoms with Crippen molar-refractivity contribution < 1.29 is 61.9 Å². The molecule has 0 aromatic heterocycles. The van der Waals surface area contributed by atoms with Crippen LogP contribution in [-0.2, 0) is 51.7 Å². The first-order valence-electron chi connectivity index (χ1n) is 7.65. The molecule has 0 heterocycles. The largest absolute Gasteiger partial charge is 0.481 e. The van der Waals surface area contributed by atoms with Crippen molar-refractivity contribution in [2.75, 3.05) is 0 Å². The smallest absolute Gasteiger partial charge is 0.303 e. The normalized spacial score (nSPS) is 20.7. The summed E-state index contributed by atoms with van der Waals surface area (Å²) in [6.07, 6.45) is -0.0789. The molecule has 2 aromatic carbocycles. The van der Waals surface area contributed by atoms with Gasteiger partial charge in [-0.15, -0.1) is 0 Å². The Morgan fingerprint density at radius 2 is 1.28 bits per heavy atom. The van der Waals surface area contributed by atoms with Crippen LogP contribution in [0.15, 0.2) is 54.6 Å². The van der Waals surface area contributed by atoms with Gasteiger partial charge in [-0.1, -0.05) is 54.6 Å². The van der Waals surface area contributed by atoms with Gasteiger partial charge in [-0.3, -0.25) is 9.59 Å². The maximum Gasteiger partial charge on any atom is 0.303 e. The monoisotopic (exact) mass is 678 g/mol. The first-order chi connectivity index (χ1) is 11.1. The quantitative estimate of drug-likeness (QED) is 0.509. The van der Waals surface area contributed by atoms with Crippen LogP contribution < -0.4 is 0 Å². The Morgan fingerprint density at radius 3 is 1.84 bits per heavy atom. The summed E-state index contributed by atoms with van der Waals surface area (Å²) >= 11 is 0. The van der Waals surface area contributed by atoms with Gasteiger partial charge in [0.25, 0.3) is 0 Å². The maximum absolute atomic E-state index is 11.4. The Balaban J connectivity index is 0.00000156. The summed E-state index contributed by atoms with van der Waals surface area (Å²) in [7, 11) is 0. The van der Waals surface area contributed by atoms with Crippen LogP contribution in [0.3, 0.4) is 0 Å². The molecular formula is C19H18O4W2. The third-order valence-electron chi connectivity index (χ3n) is 4.64. The summed E-state index contributed by atoms with van der Waals surface area (Å²) in [6, 6.07) is 17.5. The minimum absolute atomic E-state index is 0. The van der Waals surface area contributed by atoms with Crippen molar-refractivity contribution in [3.63, 3.8) is 0 Å². The zero-order chi connectivity index (χ0) is 16.4. The predicted molar refractivity (Wildman–Crippen MR) is 85.5 cm³/mol. The van der Waals surface area contributed by atoms with Crippen molar-refractivity contribution in [1.82, 2.24) is 0 Å². The molecule has 6 heteroatoms. The number of hydrogen-bond acceptors (Lipinski definition) is 2. The Kier molecular flexibility index (Phi) is 8.24. The summed E-state index contributed by atoms with van der Waals surface area (Å²) < 4.78 is 0. The minimum Gasteiger partial charge on any atom is -0.481 e. The van der Waals surface area contributed by atoms with Gasteiger partial charge < -0.3 is 10.2 Å². The number of benzene rings is 2. The fraction of sp³-hybridized carbons (Fsp3) is 0.263. The molecule has 0 bridgehead atoms. The first kappa shape index (κ1) is 21.8. The molecule has 1 aliphatic rings. The predicted octanol–water partition coefficient (Wildman–Crippen LogP) is 3.48. The van der Waals surface area contributed by atoms with E-state index in [1.165, 1.54) is 0 Å². The standard InChI is InChI=1S/C19H18O4.2W/c20-17(21)10-15-13-8-4-5-9-14(13)19(16(15)11-18(22)23)12-6-2-1-3-7-12;;/h1-9,15-16,19H,10-11H2,(H,20,21)(H,22,23);;. The third-order valence-corrected chi connectivity index (χ3v) is 4.64. The molecule has 1 aliphatic carbocycles. The molecule has 0 amide bonds. The Bertz CT molecular complexity index is 733. The molecule has 0 fully saturated rings. The van der Waals surface area contributed by atoms with Crippen LogP contribution in [0.1, 0.15) is 41.4 Å². The third kappa shape index (κ3) is 4.68. The van der Waals surface area contributed by atoms with Gasteiger partial charge >= 0.3 is 11.9 Å². The molecule has 0 aliphatic heterocycles. The fourth-order valence-electron chi connectivity index (χ4n) is 3.82. The molecule has 2 N–H and O–H groups in total. The Morgan fingerprint density at radius 1 is 0.760 bits per heavy atom. The molecule has 2 aromatic rings. The average molecular weight is 678 g/mol. The van der Waals surface area contributed by atoms with Gasteiger partial charge in [-0.05, 0) is 28.5 Å². The number of fused-ring (bicyclic) bond motifs is 1. The van der Waals surface area contributed by atoms with E-state index in [1.54, 1.807) is 0 Å². The van der Waals surface area contributed by atoms with Crippen molar-refractivity contribution in [1.29, 1.82) is 0 Å². The number of hydrogen-bond donors (Lipinski definition) is 2. The number of carbonyl (C=O) groups is 2. The summed E-state index contributed by atoms with van der Waals surface area (Å²) in [4.78, 5) is 22.7. The van der Waals surface area contributed by atoms with Gasteiger partial charge in [0.2, 0.25) is 0 Å². The molecule has 0 radical (unpaired) electrons. The summed E-state index contributed by atoms with van der Waals surface area (Å²) in [6.45, 7) is 0. The first-order valence-corrected chi connectivity index (χ1v) is 7.65. The van der Waals surface area contributed by atoms with Crippen LogP contribution in [0.2, 0.25) is 0 Å². The minimum atomic E-state index is -0.895. The fourth-order valence-corrected chi connectivity index (χ4v) is 3.82. The summed E-state index contributed by atoms with van der Waals surface area (Å²) in [5.41, 5.74) is 3.06. The van der Waals surface area contributed by atoms with E-state index in [0.29, 0.717) is 0 Å². The second-order valence-electron chi connectivity index (χ2n) is 5.98. The number of carboxylic acid groups (broad SMARTS) is 2. The molecule has 0 saturated carbocycles. The van der Waals surface area contributed by atoms with E-state index >= 15 is 0 Å². The van der Waals surface area contributed by atoms with Crippen LogP contribution in [0.25, 0.3) is 0 Å². The van der Waals surface area contributed by atoms with Crippen LogP contribution in [-0.4, -0.2) is 22.2 Å². The van der Waals surface area contributed by atoms with Crippen molar-refractivity contribution in [3.05, 3.63) is 71.3 Å². The van der Waals surface area contributed by atoms with Crippen molar-refractivity contribution >= 4 is 11.9 Å². The number of carboxylic acids is 2. The van der Waals surface area contributed by atoms with E-state index < -0.39 is 11.9 Å². The van der Waals surface area contributed by atoms with Gasteiger partial charge in [0, 0.05) is 54.5 Å². The number of aliphatic carboxylic acids is 2. The van der Waals surface area contributed by atoms with Gasteiger partial charge in [-0.25, -0.2) is 0 Å². The maximum atomic E-state index is 11.4.